The van der Waals surface area contributed by atoms with E-state index >= 15 is 0 Å². The highest BCUT2D eigenvalue weighted by molar-refractivity contribution is 5.81. The molecular weight excluding hydrogens is 353 g/mol. The predicted octanol–water partition coefficient (Wildman–Crippen LogP) is 2.93. The molecule has 1 saturated heterocycles. The average Bonchev–Trinajstić information content (AvgIpc) is 3.17. The molecular formula is C19H22FN3O4. The Balaban J connectivity index is 1.51. The lowest BCUT2D eigenvalue weighted by Crippen LogP contribution is -2.38. The predicted molar refractivity (Wildman–Crippen MR) is 94.1 cm³/mol. The van der Waals surface area contributed by atoms with Crippen LogP contribution in [-0.4, -0.2) is 46.7 Å². The molecule has 3 rings (SSSR count). The van der Waals surface area contributed by atoms with E-state index in [1.54, 1.807) is 24.0 Å². The van der Waals surface area contributed by atoms with E-state index in [9.17, 15) is 14.0 Å². The number of carbonyl (C=O) groups excluding carboxylic acids is 2. The minimum Gasteiger partial charge on any atom is -0.466 e. The molecule has 0 bridgehead atoms. The van der Waals surface area contributed by atoms with Gasteiger partial charge in [-0.05, 0) is 44.0 Å². The van der Waals surface area contributed by atoms with Crippen LogP contribution in [0.25, 0.3) is 11.5 Å². The number of benzene rings is 1. The number of aromatic nitrogens is 2. The Kier molecular flexibility index (Phi) is 6.16. The number of rotatable bonds is 6. The molecule has 1 fully saturated rings. The molecule has 0 spiro atoms. The van der Waals surface area contributed by atoms with Crippen molar-refractivity contribution in [3.05, 3.63) is 36.0 Å². The number of ether oxygens (including phenoxy) is 1. The third-order valence-corrected chi connectivity index (χ3v) is 4.58. The molecule has 1 aliphatic rings. The summed E-state index contributed by atoms with van der Waals surface area (Å²) in [6.45, 7) is 3.23. The largest absolute Gasteiger partial charge is 0.466 e. The molecule has 0 saturated carbocycles. The minimum atomic E-state index is -0.347. The normalized spacial score (nSPS) is 15.0. The van der Waals surface area contributed by atoms with E-state index in [4.69, 9.17) is 9.15 Å². The highest BCUT2D eigenvalue weighted by atomic mass is 19.1. The van der Waals surface area contributed by atoms with E-state index in [0.29, 0.717) is 37.0 Å². The van der Waals surface area contributed by atoms with Gasteiger partial charge in [-0.1, -0.05) is 0 Å². The zero-order chi connectivity index (χ0) is 19.2. The zero-order valence-corrected chi connectivity index (χ0v) is 15.2. The fourth-order valence-electron chi connectivity index (χ4n) is 3.08. The summed E-state index contributed by atoms with van der Waals surface area (Å²) in [6, 6.07) is 5.88. The first-order valence-corrected chi connectivity index (χ1v) is 9.09. The molecule has 1 amide bonds. The topological polar surface area (TPSA) is 85.5 Å². The first-order valence-electron chi connectivity index (χ1n) is 9.09. The molecule has 7 nitrogen and oxygen atoms in total. The Labute approximate surface area is 156 Å². The second kappa shape index (κ2) is 8.75. The average molecular weight is 375 g/mol. The number of esters is 1. The molecule has 144 valence electrons. The van der Waals surface area contributed by atoms with Gasteiger partial charge in [0.2, 0.25) is 17.7 Å². The number of piperidine rings is 1. The van der Waals surface area contributed by atoms with Crippen LogP contribution in [0, 0.1) is 5.82 Å². The second-order valence-corrected chi connectivity index (χ2v) is 6.41. The van der Waals surface area contributed by atoms with Gasteiger partial charge in [-0.2, -0.15) is 0 Å². The Morgan fingerprint density at radius 3 is 2.56 bits per heavy atom. The number of hydrogen-bond donors (Lipinski definition) is 0. The summed E-state index contributed by atoms with van der Waals surface area (Å²) in [4.78, 5) is 25.3. The summed E-state index contributed by atoms with van der Waals surface area (Å²) >= 11 is 0. The fourth-order valence-corrected chi connectivity index (χ4v) is 3.08. The van der Waals surface area contributed by atoms with Crippen LogP contribution < -0.4 is 0 Å². The second-order valence-electron chi connectivity index (χ2n) is 6.41. The van der Waals surface area contributed by atoms with Crippen LogP contribution in [0.5, 0.6) is 0 Å². The number of carbonyl (C=O) groups is 2. The maximum absolute atomic E-state index is 13.0. The highest BCUT2D eigenvalue weighted by Gasteiger charge is 2.27. The standard InChI is InChI=1S/C19H22FN3O4/c1-2-26-17(25)8-7-16(24)23-11-9-14(10-12-23)19-22-21-18(27-19)13-3-5-15(20)6-4-13/h3-6,14H,2,7-12H2,1H3. The summed E-state index contributed by atoms with van der Waals surface area (Å²) in [5.74, 6) is 0.268. The van der Waals surface area contributed by atoms with Crippen molar-refractivity contribution in [2.75, 3.05) is 19.7 Å². The summed E-state index contributed by atoms with van der Waals surface area (Å²) in [5.41, 5.74) is 0.668. The number of amides is 1. The lowest BCUT2D eigenvalue weighted by atomic mass is 9.96. The Bertz CT molecular complexity index is 783. The zero-order valence-electron chi connectivity index (χ0n) is 15.2. The van der Waals surface area contributed by atoms with E-state index in [0.717, 1.165) is 12.8 Å². The Hall–Kier alpha value is -2.77. The van der Waals surface area contributed by atoms with E-state index in [1.807, 2.05) is 0 Å². The lowest BCUT2D eigenvalue weighted by molar-refractivity contribution is -0.145. The summed E-state index contributed by atoms with van der Waals surface area (Å²) < 4.78 is 23.6. The van der Waals surface area contributed by atoms with Crippen molar-refractivity contribution in [2.45, 2.75) is 38.5 Å². The molecule has 0 N–H and O–H groups in total. The maximum atomic E-state index is 13.0. The molecule has 27 heavy (non-hydrogen) atoms. The van der Waals surface area contributed by atoms with Gasteiger partial charge >= 0.3 is 5.97 Å². The third-order valence-electron chi connectivity index (χ3n) is 4.58. The molecule has 1 aromatic heterocycles. The van der Waals surface area contributed by atoms with Crippen molar-refractivity contribution in [3.8, 4) is 11.5 Å². The molecule has 2 heterocycles. The smallest absolute Gasteiger partial charge is 0.306 e. The van der Waals surface area contributed by atoms with Crippen LogP contribution in [0.2, 0.25) is 0 Å². The van der Waals surface area contributed by atoms with Gasteiger partial charge < -0.3 is 14.1 Å². The van der Waals surface area contributed by atoms with Crippen LogP contribution in [0.1, 0.15) is 44.4 Å². The van der Waals surface area contributed by atoms with E-state index in [2.05, 4.69) is 10.2 Å². The van der Waals surface area contributed by atoms with Crippen LogP contribution in [0.15, 0.2) is 28.7 Å². The Morgan fingerprint density at radius 1 is 1.19 bits per heavy atom. The van der Waals surface area contributed by atoms with Gasteiger partial charge in [0, 0.05) is 31.0 Å². The summed E-state index contributed by atoms with van der Waals surface area (Å²) in [5, 5.41) is 8.15. The number of hydrogen-bond acceptors (Lipinski definition) is 6. The monoisotopic (exact) mass is 375 g/mol. The first kappa shape index (κ1) is 19.0. The number of likely N-dealkylation sites (tertiary alicyclic amines) is 1. The van der Waals surface area contributed by atoms with Gasteiger partial charge in [0.25, 0.3) is 0 Å². The maximum Gasteiger partial charge on any atom is 0.306 e. The van der Waals surface area contributed by atoms with Crippen LogP contribution in [-0.2, 0) is 14.3 Å². The van der Waals surface area contributed by atoms with E-state index in [1.165, 1.54) is 12.1 Å². The Morgan fingerprint density at radius 2 is 1.89 bits per heavy atom. The minimum absolute atomic E-state index is 0.0426. The SMILES string of the molecule is CCOC(=O)CCC(=O)N1CCC(c2nnc(-c3ccc(F)cc3)o2)CC1. The first-order chi connectivity index (χ1) is 13.1. The molecule has 8 heteroatoms. The van der Waals surface area contributed by atoms with Crippen molar-refractivity contribution in [1.29, 1.82) is 0 Å². The molecule has 2 aromatic rings. The van der Waals surface area contributed by atoms with Gasteiger partial charge in [-0.15, -0.1) is 10.2 Å². The van der Waals surface area contributed by atoms with Crippen LogP contribution in [0.4, 0.5) is 4.39 Å². The van der Waals surface area contributed by atoms with Gasteiger partial charge in [0.05, 0.1) is 13.0 Å². The van der Waals surface area contributed by atoms with Crippen molar-refractivity contribution in [1.82, 2.24) is 15.1 Å². The van der Waals surface area contributed by atoms with Gasteiger partial charge in [0.15, 0.2) is 0 Å². The van der Waals surface area contributed by atoms with Crippen molar-refractivity contribution in [3.63, 3.8) is 0 Å². The van der Waals surface area contributed by atoms with E-state index < -0.39 is 0 Å². The van der Waals surface area contributed by atoms with Gasteiger partial charge in [-0.3, -0.25) is 9.59 Å². The summed E-state index contributed by atoms with van der Waals surface area (Å²) in [6.07, 6.45) is 1.71. The van der Waals surface area contributed by atoms with Crippen molar-refractivity contribution >= 4 is 11.9 Å². The lowest BCUT2D eigenvalue weighted by Gasteiger charge is -2.30. The van der Waals surface area contributed by atoms with Crippen LogP contribution in [0.3, 0.4) is 0 Å². The molecule has 1 aliphatic heterocycles. The van der Waals surface area contributed by atoms with Gasteiger partial charge in [0.1, 0.15) is 5.82 Å². The van der Waals surface area contributed by atoms with E-state index in [-0.39, 0.29) is 36.5 Å². The molecule has 0 unspecified atom stereocenters. The summed E-state index contributed by atoms with van der Waals surface area (Å²) in [7, 11) is 0. The molecule has 0 radical (unpaired) electrons. The molecule has 1 aromatic carbocycles. The molecule has 0 aliphatic carbocycles. The highest BCUT2D eigenvalue weighted by Crippen LogP contribution is 2.29. The quantitative estimate of drug-likeness (QED) is 0.722. The molecule has 0 atom stereocenters. The van der Waals surface area contributed by atoms with Gasteiger partial charge in [-0.25, -0.2) is 4.39 Å². The fraction of sp³-hybridized carbons (Fsp3) is 0.474. The van der Waals surface area contributed by atoms with Crippen LogP contribution >= 0.6 is 0 Å². The van der Waals surface area contributed by atoms with Crippen molar-refractivity contribution in [2.24, 2.45) is 0 Å². The van der Waals surface area contributed by atoms with Crippen molar-refractivity contribution < 1.29 is 23.1 Å². The third kappa shape index (κ3) is 4.90. The number of halogens is 1. The number of nitrogens with zero attached hydrogens (tertiary/aromatic N) is 3.